The molecule has 2 aliphatic rings. The van der Waals surface area contributed by atoms with Gasteiger partial charge in [0, 0.05) is 24.9 Å². The minimum Gasteiger partial charge on any atom is -0.341 e. The van der Waals surface area contributed by atoms with Crippen LogP contribution in [0.25, 0.3) is 11.6 Å². The first-order chi connectivity index (χ1) is 16.2. The van der Waals surface area contributed by atoms with E-state index in [-0.39, 0.29) is 6.04 Å². The minimum atomic E-state index is 0.163. The number of aromatic nitrogens is 7. The van der Waals surface area contributed by atoms with Crippen molar-refractivity contribution in [3.8, 4) is 11.6 Å². The summed E-state index contributed by atoms with van der Waals surface area (Å²) in [4.78, 5) is 17.1. The Bertz CT molecular complexity index is 1270. The van der Waals surface area contributed by atoms with Gasteiger partial charge in [-0.15, -0.1) is 10.2 Å². The Morgan fingerprint density at radius 1 is 1.03 bits per heavy atom. The van der Waals surface area contributed by atoms with E-state index >= 15 is 0 Å². The van der Waals surface area contributed by atoms with E-state index in [4.69, 9.17) is 9.97 Å². The Balaban J connectivity index is 1.47. The van der Waals surface area contributed by atoms with Crippen molar-refractivity contribution in [2.45, 2.75) is 64.5 Å². The van der Waals surface area contributed by atoms with E-state index in [1.807, 2.05) is 36.1 Å². The Labute approximate surface area is 193 Å². The van der Waals surface area contributed by atoms with Gasteiger partial charge < -0.3 is 4.90 Å². The monoisotopic (exact) mass is 440 g/mol. The first-order valence-corrected chi connectivity index (χ1v) is 11.9. The van der Waals surface area contributed by atoms with Gasteiger partial charge in [0.2, 0.25) is 5.95 Å². The zero-order valence-corrected chi connectivity index (χ0v) is 19.1. The topological polar surface area (TPSA) is 77.5 Å². The number of anilines is 1. The second-order valence-corrected chi connectivity index (χ2v) is 8.97. The molecule has 1 saturated carbocycles. The van der Waals surface area contributed by atoms with Gasteiger partial charge in [-0.05, 0) is 31.7 Å². The highest BCUT2D eigenvalue weighted by atomic mass is 15.4. The molecular weight excluding hydrogens is 412 g/mol. The van der Waals surface area contributed by atoms with Crippen LogP contribution in [0.3, 0.4) is 0 Å². The van der Waals surface area contributed by atoms with Crippen LogP contribution >= 0.6 is 0 Å². The number of hydrogen-bond donors (Lipinski definition) is 0. The van der Waals surface area contributed by atoms with Crippen molar-refractivity contribution in [3.63, 3.8) is 0 Å². The van der Waals surface area contributed by atoms with Crippen molar-refractivity contribution >= 4 is 5.82 Å². The van der Waals surface area contributed by atoms with Crippen molar-refractivity contribution in [2.75, 3.05) is 4.90 Å². The van der Waals surface area contributed by atoms with Crippen molar-refractivity contribution < 1.29 is 0 Å². The predicted molar refractivity (Wildman–Crippen MR) is 126 cm³/mol. The van der Waals surface area contributed by atoms with Gasteiger partial charge in [-0.2, -0.15) is 4.98 Å². The molecule has 0 unspecified atom stereocenters. The van der Waals surface area contributed by atoms with E-state index < -0.39 is 0 Å². The third kappa shape index (κ3) is 3.32. The fraction of sp³-hybridized carbons (Fsp3) is 0.400. The quantitative estimate of drug-likeness (QED) is 0.459. The second-order valence-electron chi connectivity index (χ2n) is 8.97. The highest BCUT2D eigenvalue weighted by Gasteiger charge is 2.39. The van der Waals surface area contributed by atoms with Gasteiger partial charge in [-0.25, -0.2) is 9.97 Å². The highest BCUT2D eigenvalue weighted by molar-refractivity contribution is 5.63. The number of imidazole rings is 1. The molecule has 8 nitrogen and oxygen atoms in total. The Morgan fingerprint density at radius 2 is 1.85 bits per heavy atom. The average Bonchev–Trinajstić information content (AvgIpc) is 3.60. The Kier molecular flexibility index (Phi) is 4.93. The molecule has 3 aromatic heterocycles. The van der Waals surface area contributed by atoms with Crippen molar-refractivity contribution in [1.29, 1.82) is 0 Å². The first kappa shape index (κ1) is 20.1. The van der Waals surface area contributed by atoms with Crippen LogP contribution in [0.4, 0.5) is 5.82 Å². The number of hydrogen-bond acceptors (Lipinski definition) is 6. The Morgan fingerprint density at radius 3 is 2.64 bits per heavy atom. The van der Waals surface area contributed by atoms with Crippen LogP contribution in [0, 0.1) is 6.92 Å². The molecule has 168 valence electrons. The van der Waals surface area contributed by atoms with E-state index in [1.54, 1.807) is 0 Å². The van der Waals surface area contributed by atoms with Crippen molar-refractivity contribution in [2.24, 2.45) is 0 Å². The molecule has 0 spiro atoms. The molecule has 1 aliphatic carbocycles. The lowest BCUT2D eigenvalue weighted by Gasteiger charge is -2.41. The molecule has 0 N–H and O–H groups in total. The standard InChI is InChI=1S/C25H28N8/c1-3-20-24-30-29-17(2)32(24)21-16-27-25(28-23(21)33(20)19-11-7-8-12-19)31-14-13-26-22(31)15-18-9-5-4-6-10-18/h4-6,9-10,13-14,16,19-20H,3,7-8,11-12,15H2,1-2H3/t20-/m1/s1. The maximum absolute atomic E-state index is 5.16. The maximum Gasteiger partial charge on any atom is 0.237 e. The van der Waals surface area contributed by atoms with Crippen molar-refractivity contribution in [1.82, 2.24) is 34.3 Å². The van der Waals surface area contributed by atoms with E-state index in [0.717, 1.165) is 41.8 Å². The summed E-state index contributed by atoms with van der Waals surface area (Å²) in [7, 11) is 0. The van der Waals surface area contributed by atoms with Crippen molar-refractivity contribution in [3.05, 3.63) is 72.0 Å². The minimum absolute atomic E-state index is 0.163. The summed E-state index contributed by atoms with van der Waals surface area (Å²) in [5.74, 6) is 4.44. The number of benzene rings is 1. The normalized spacial score (nSPS) is 17.9. The van der Waals surface area contributed by atoms with Crippen LogP contribution in [0.15, 0.2) is 48.9 Å². The molecule has 0 amide bonds. The van der Waals surface area contributed by atoms with Gasteiger partial charge >= 0.3 is 0 Å². The zero-order chi connectivity index (χ0) is 22.4. The summed E-state index contributed by atoms with van der Waals surface area (Å²) in [6.07, 6.45) is 12.3. The fourth-order valence-corrected chi connectivity index (χ4v) is 5.40. The van der Waals surface area contributed by atoms with Crippen LogP contribution in [0.1, 0.15) is 68.1 Å². The second kappa shape index (κ2) is 8.10. The summed E-state index contributed by atoms with van der Waals surface area (Å²) in [5, 5.41) is 8.97. The third-order valence-corrected chi connectivity index (χ3v) is 6.95. The molecule has 33 heavy (non-hydrogen) atoms. The number of aryl methyl sites for hydroxylation is 1. The highest BCUT2D eigenvalue weighted by Crippen LogP contribution is 2.43. The van der Waals surface area contributed by atoms with Crippen LogP contribution < -0.4 is 4.90 Å². The van der Waals surface area contributed by atoms with Crippen LogP contribution in [0.2, 0.25) is 0 Å². The van der Waals surface area contributed by atoms with E-state index in [1.165, 1.54) is 31.2 Å². The first-order valence-electron chi connectivity index (χ1n) is 11.9. The van der Waals surface area contributed by atoms with Gasteiger partial charge in [-0.3, -0.25) is 9.13 Å². The van der Waals surface area contributed by atoms with E-state index in [2.05, 4.69) is 55.8 Å². The van der Waals surface area contributed by atoms with Crippen LogP contribution in [-0.4, -0.2) is 40.3 Å². The summed E-state index contributed by atoms with van der Waals surface area (Å²) in [5.41, 5.74) is 2.18. The largest absolute Gasteiger partial charge is 0.341 e. The van der Waals surface area contributed by atoms with Gasteiger partial charge in [-0.1, -0.05) is 50.1 Å². The maximum atomic E-state index is 5.16. The van der Waals surface area contributed by atoms with E-state index in [9.17, 15) is 0 Å². The lowest BCUT2D eigenvalue weighted by Crippen LogP contribution is -2.42. The number of rotatable bonds is 5. The zero-order valence-electron chi connectivity index (χ0n) is 19.1. The smallest absolute Gasteiger partial charge is 0.237 e. The third-order valence-electron chi connectivity index (χ3n) is 6.95. The predicted octanol–water partition coefficient (Wildman–Crippen LogP) is 4.36. The molecule has 1 fully saturated rings. The summed E-state index contributed by atoms with van der Waals surface area (Å²) >= 11 is 0. The molecule has 1 atom stereocenters. The summed E-state index contributed by atoms with van der Waals surface area (Å²) < 4.78 is 4.15. The van der Waals surface area contributed by atoms with E-state index in [0.29, 0.717) is 12.0 Å². The van der Waals surface area contributed by atoms with Crippen LogP contribution in [0.5, 0.6) is 0 Å². The average molecular weight is 441 g/mol. The SMILES string of the molecule is CC[C@@H]1c2nnc(C)n2-c2cnc(-n3ccnc3Cc3ccccc3)nc2N1C1CCCC1. The van der Waals surface area contributed by atoms with Crippen LogP contribution in [-0.2, 0) is 6.42 Å². The van der Waals surface area contributed by atoms with Gasteiger partial charge in [0.05, 0.1) is 12.2 Å². The molecule has 8 heteroatoms. The lowest BCUT2D eigenvalue weighted by atomic mass is 10.0. The molecule has 1 aromatic carbocycles. The fourth-order valence-electron chi connectivity index (χ4n) is 5.40. The number of nitrogens with zero attached hydrogens (tertiary/aromatic N) is 8. The number of fused-ring (bicyclic) bond motifs is 3. The Hall–Kier alpha value is -3.55. The molecule has 1 aliphatic heterocycles. The van der Waals surface area contributed by atoms with Gasteiger partial charge in [0.25, 0.3) is 0 Å². The van der Waals surface area contributed by atoms with Gasteiger partial charge in [0.15, 0.2) is 11.6 Å². The van der Waals surface area contributed by atoms with Gasteiger partial charge in [0.1, 0.15) is 17.3 Å². The molecule has 0 saturated heterocycles. The lowest BCUT2D eigenvalue weighted by molar-refractivity contribution is 0.467. The summed E-state index contributed by atoms with van der Waals surface area (Å²) in [6.45, 7) is 4.22. The molecule has 6 rings (SSSR count). The molecule has 4 heterocycles. The summed E-state index contributed by atoms with van der Waals surface area (Å²) in [6, 6.07) is 11.0. The molecular formula is C25H28N8. The molecule has 0 radical (unpaired) electrons. The molecule has 4 aromatic rings. The molecule has 0 bridgehead atoms.